The van der Waals surface area contributed by atoms with Gasteiger partial charge in [0.05, 0.1) is 17.8 Å². The van der Waals surface area contributed by atoms with Gasteiger partial charge in [-0.2, -0.15) is 5.10 Å². The summed E-state index contributed by atoms with van der Waals surface area (Å²) in [4.78, 5) is 59.0. The number of H-pyrrole nitrogens is 1. The molecule has 0 radical (unpaired) electrons. The van der Waals surface area contributed by atoms with Gasteiger partial charge in [-0.15, -0.1) is 0 Å². The van der Waals surface area contributed by atoms with Crippen molar-refractivity contribution in [1.82, 2.24) is 34.9 Å². The average molecular weight is 678 g/mol. The number of ketones is 1. The first kappa shape index (κ1) is 34.3. The zero-order valence-electron chi connectivity index (χ0n) is 28.3. The van der Waals surface area contributed by atoms with Crippen LogP contribution in [0.25, 0.3) is 27.7 Å². The third-order valence-corrected chi connectivity index (χ3v) is 9.40. The van der Waals surface area contributed by atoms with E-state index >= 15 is 0 Å². The van der Waals surface area contributed by atoms with Crippen LogP contribution in [0.1, 0.15) is 26.1 Å². The molecule has 1 unspecified atom stereocenters. The van der Waals surface area contributed by atoms with E-state index in [0.717, 1.165) is 22.0 Å². The fraction of sp³-hybridized carbons (Fsp3) is 0.324. The van der Waals surface area contributed by atoms with Crippen molar-refractivity contribution in [1.29, 1.82) is 0 Å². The molecule has 13 heteroatoms. The predicted octanol–water partition coefficient (Wildman–Crippen LogP) is 4.21. The number of allylic oxidation sites excluding steroid dienone is 3. The van der Waals surface area contributed by atoms with Crippen LogP contribution in [0.5, 0.6) is 0 Å². The van der Waals surface area contributed by atoms with Crippen LogP contribution in [0.4, 0.5) is 10.1 Å². The molecule has 2 aromatic carbocycles. The second kappa shape index (κ2) is 14.9. The molecular formula is C37H40FN9O3. The molecule has 2 aliphatic heterocycles. The number of likely N-dealkylation sites (tertiary alicyclic amines) is 1. The highest BCUT2D eigenvalue weighted by Gasteiger charge is 2.49. The number of hydrogen-bond donors (Lipinski definition) is 2. The zero-order chi connectivity index (χ0) is 35.3. The number of hydrogen-bond acceptors (Lipinski definition) is 9. The van der Waals surface area contributed by atoms with Gasteiger partial charge in [0.15, 0.2) is 5.82 Å². The largest absolute Gasteiger partial charge is 0.374 e. The molecule has 2 aromatic heterocycles. The number of halogens is 1. The van der Waals surface area contributed by atoms with Gasteiger partial charge < -0.3 is 15.1 Å². The Labute approximate surface area is 289 Å². The van der Waals surface area contributed by atoms with Gasteiger partial charge in [0.25, 0.3) is 0 Å². The normalized spacial score (nSPS) is 20.3. The summed E-state index contributed by atoms with van der Waals surface area (Å²) in [7, 11) is 1.70. The van der Waals surface area contributed by atoms with Gasteiger partial charge in [-0.1, -0.05) is 0 Å². The number of carbonyl (C=O) groups excluding carboxylic acids is 3. The van der Waals surface area contributed by atoms with Gasteiger partial charge in [0.2, 0.25) is 11.8 Å². The Bertz CT molecular complexity index is 1960. The number of nitrogens with one attached hydrogen (secondary N) is 2. The van der Waals surface area contributed by atoms with Gasteiger partial charge in [0, 0.05) is 86.6 Å². The maximum atomic E-state index is 13.8. The first-order valence-corrected chi connectivity index (χ1v) is 16.6. The van der Waals surface area contributed by atoms with E-state index in [9.17, 15) is 18.8 Å². The van der Waals surface area contributed by atoms with Crippen LogP contribution in [-0.4, -0.2) is 111 Å². The standard InChI is InChI=1S/C37H40FN9O3/c1-25-22-45(16-4-6-28(21-39-3)35-40-14-5-15-41-35)18-19-47(25)33(49)23-46-17-13-37(24-46,26(2)48)36(50)42-30-11-12-32-31(20-30)34(44-43-32)27-7-9-29(38)10-8-27/h4-12,14-16,20-21,25H,13,17-19,22-24H2,1-3H3,(H,42,50)(H,43,44)/b16-4+,28-6+,39-21-/t25-,37?/m1/s1. The monoisotopic (exact) mass is 677 g/mol. The number of rotatable bonds is 10. The minimum absolute atomic E-state index is 0.0258. The molecule has 2 fully saturated rings. The summed E-state index contributed by atoms with van der Waals surface area (Å²) in [5.41, 5.74) is 2.14. The summed E-state index contributed by atoms with van der Waals surface area (Å²) in [6.07, 6.45) is 11.3. The number of benzene rings is 2. The maximum absolute atomic E-state index is 13.8. The van der Waals surface area contributed by atoms with Gasteiger partial charge >= 0.3 is 0 Å². The lowest BCUT2D eigenvalue weighted by molar-refractivity contribution is -0.139. The average Bonchev–Trinajstić information content (AvgIpc) is 3.74. The van der Waals surface area contributed by atoms with Crippen molar-refractivity contribution < 1.29 is 18.8 Å². The van der Waals surface area contributed by atoms with Crippen molar-refractivity contribution >= 4 is 46.0 Å². The number of carbonyl (C=O) groups is 3. The van der Waals surface area contributed by atoms with E-state index in [-0.39, 0.29) is 36.6 Å². The second-order valence-corrected chi connectivity index (χ2v) is 12.7. The van der Waals surface area contributed by atoms with Gasteiger partial charge in [0.1, 0.15) is 17.0 Å². The van der Waals surface area contributed by atoms with E-state index in [4.69, 9.17) is 0 Å². The molecule has 0 saturated carbocycles. The third kappa shape index (κ3) is 7.37. The first-order chi connectivity index (χ1) is 24.2. The summed E-state index contributed by atoms with van der Waals surface area (Å²) in [5, 5.41) is 11.1. The summed E-state index contributed by atoms with van der Waals surface area (Å²) >= 11 is 0. The first-order valence-electron chi connectivity index (χ1n) is 16.6. The number of Topliss-reactive ketones (excluding diaryl/α,β-unsaturated/α-hetero) is 1. The molecule has 0 bridgehead atoms. The van der Waals surface area contributed by atoms with E-state index < -0.39 is 11.3 Å². The molecule has 50 heavy (non-hydrogen) atoms. The van der Waals surface area contributed by atoms with Gasteiger partial charge in [-0.3, -0.25) is 29.4 Å². The Balaban J connectivity index is 1.06. The minimum atomic E-state index is -1.28. The van der Waals surface area contributed by atoms with Crippen LogP contribution in [0, 0.1) is 11.2 Å². The molecule has 0 spiro atoms. The summed E-state index contributed by atoms with van der Waals surface area (Å²) < 4.78 is 13.5. The van der Waals surface area contributed by atoms with Crippen LogP contribution >= 0.6 is 0 Å². The third-order valence-electron chi connectivity index (χ3n) is 9.40. The molecule has 6 rings (SSSR count). The molecule has 4 aromatic rings. The molecule has 4 heterocycles. The number of nitrogens with zero attached hydrogens (tertiary/aromatic N) is 7. The molecule has 0 aliphatic carbocycles. The van der Waals surface area contributed by atoms with E-state index in [1.807, 2.05) is 35.1 Å². The highest BCUT2D eigenvalue weighted by atomic mass is 19.1. The zero-order valence-corrected chi connectivity index (χ0v) is 28.3. The summed E-state index contributed by atoms with van der Waals surface area (Å²) in [6, 6.07) is 13.1. The predicted molar refractivity (Wildman–Crippen MR) is 191 cm³/mol. The van der Waals surface area contributed by atoms with Crippen LogP contribution < -0.4 is 5.32 Å². The Hall–Kier alpha value is -5.56. The molecule has 2 amide bonds. The lowest BCUT2D eigenvalue weighted by Gasteiger charge is -2.40. The van der Waals surface area contributed by atoms with E-state index in [1.165, 1.54) is 19.1 Å². The minimum Gasteiger partial charge on any atom is -0.374 e. The van der Waals surface area contributed by atoms with Crippen LogP contribution in [0.2, 0.25) is 0 Å². The lowest BCUT2D eigenvalue weighted by atomic mass is 9.82. The highest BCUT2D eigenvalue weighted by molar-refractivity contribution is 6.12. The highest BCUT2D eigenvalue weighted by Crippen LogP contribution is 2.35. The van der Waals surface area contributed by atoms with Crippen LogP contribution in [0.3, 0.4) is 0 Å². The van der Waals surface area contributed by atoms with Crippen molar-refractivity contribution in [3.63, 3.8) is 0 Å². The topological polar surface area (TPSA) is 140 Å². The Kier molecular flexibility index (Phi) is 10.2. The smallest absolute Gasteiger partial charge is 0.239 e. The maximum Gasteiger partial charge on any atom is 0.239 e. The quantitative estimate of drug-likeness (QED) is 0.145. The second-order valence-electron chi connectivity index (χ2n) is 12.7. The van der Waals surface area contributed by atoms with Crippen molar-refractivity contribution in [2.24, 2.45) is 10.4 Å². The van der Waals surface area contributed by atoms with Crippen molar-refractivity contribution in [2.75, 3.05) is 51.6 Å². The number of aliphatic imine (C=N–C) groups is 1. The number of aromatic amines is 1. The van der Waals surface area contributed by atoms with E-state index in [1.54, 1.807) is 62.1 Å². The van der Waals surface area contributed by atoms with Crippen molar-refractivity contribution in [3.05, 3.63) is 90.9 Å². The fourth-order valence-corrected chi connectivity index (χ4v) is 6.63. The number of piperazine rings is 1. The van der Waals surface area contributed by atoms with E-state index in [2.05, 4.69) is 35.4 Å². The number of anilines is 1. The molecule has 12 nitrogen and oxygen atoms in total. The van der Waals surface area contributed by atoms with Gasteiger partial charge in [-0.05, 0) is 87.2 Å². The Morgan fingerprint density at radius 2 is 1.88 bits per heavy atom. The summed E-state index contributed by atoms with van der Waals surface area (Å²) in [5.74, 6) is -0.419. The molecular weight excluding hydrogens is 637 g/mol. The molecule has 2 N–H and O–H groups in total. The van der Waals surface area contributed by atoms with Crippen LogP contribution in [0.15, 0.2) is 84.3 Å². The SMILES string of the molecule is C\N=C/C(=C\C=C\N1CCN(C(=O)CN2CCC(C(C)=O)(C(=O)Nc3ccc4[nH]nc(-c5ccc(F)cc5)c4c3)C2)[C@H](C)C1)c1ncccn1. The Morgan fingerprint density at radius 3 is 2.60 bits per heavy atom. The van der Waals surface area contributed by atoms with Crippen molar-refractivity contribution in [3.8, 4) is 11.3 Å². The Morgan fingerprint density at radius 1 is 1.10 bits per heavy atom. The van der Waals surface area contributed by atoms with E-state index in [0.29, 0.717) is 49.8 Å². The molecule has 258 valence electrons. The van der Waals surface area contributed by atoms with Gasteiger partial charge in [-0.25, -0.2) is 14.4 Å². The number of aromatic nitrogens is 4. The summed E-state index contributed by atoms with van der Waals surface area (Å²) in [6.45, 7) is 6.09. The number of fused-ring (bicyclic) bond motifs is 1. The number of amides is 2. The fourth-order valence-electron chi connectivity index (χ4n) is 6.63. The molecule has 2 atom stereocenters. The van der Waals surface area contributed by atoms with Crippen LogP contribution in [-0.2, 0) is 14.4 Å². The molecule has 2 aliphatic rings. The lowest BCUT2D eigenvalue weighted by Crippen LogP contribution is -2.54. The molecule has 2 saturated heterocycles. The van der Waals surface area contributed by atoms with Crippen molar-refractivity contribution in [2.45, 2.75) is 26.3 Å².